The highest BCUT2D eigenvalue weighted by Crippen LogP contribution is 2.26. The minimum atomic E-state index is -0.464. The summed E-state index contributed by atoms with van der Waals surface area (Å²) >= 11 is 3.23. The first kappa shape index (κ1) is 13.5. The van der Waals surface area contributed by atoms with Crippen LogP contribution in [-0.4, -0.2) is 5.91 Å². The summed E-state index contributed by atoms with van der Waals surface area (Å²) in [5.74, 6) is -0.237. The first-order valence-electron chi connectivity index (χ1n) is 5.53. The Morgan fingerprint density at radius 2 is 1.89 bits per heavy atom. The standard InChI is InChI=1S/C14H11BrFNO2/c15-12-7-11(16)5-6-13(12)19-8-9-1-3-10(4-2-9)14(17)18/h1-7H,8H2,(H2,17,18). The molecule has 0 aromatic heterocycles. The fourth-order valence-electron chi connectivity index (χ4n) is 1.52. The number of carbonyl (C=O) groups is 1. The van der Waals surface area contributed by atoms with Gasteiger partial charge >= 0.3 is 0 Å². The van der Waals surface area contributed by atoms with E-state index in [1.165, 1.54) is 12.1 Å². The maximum Gasteiger partial charge on any atom is 0.248 e. The van der Waals surface area contributed by atoms with Gasteiger partial charge in [-0.3, -0.25) is 4.79 Å². The van der Waals surface area contributed by atoms with Crippen molar-refractivity contribution in [3.63, 3.8) is 0 Å². The average Bonchev–Trinajstić information content (AvgIpc) is 2.38. The van der Waals surface area contributed by atoms with Gasteiger partial charge in [0.25, 0.3) is 0 Å². The van der Waals surface area contributed by atoms with Gasteiger partial charge in [-0.25, -0.2) is 4.39 Å². The highest BCUT2D eigenvalue weighted by molar-refractivity contribution is 9.10. The minimum absolute atomic E-state index is 0.323. The van der Waals surface area contributed by atoms with E-state index in [1.54, 1.807) is 30.3 Å². The van der Waals surface area contributed by atoms with Gasteiger partial charge in [0.05, 0.1) is 4.47 Å². The summed E-state index contributed by atoms with van der Waals surface area (Å²) in [6.07, 6.45) is 0. The molecule has 1 amide bonds. The van der Waals surface area contributed by atoms with Gasteiger partial charge < -0.3 is 10.5 Å². The van der Waals surface area contributed by atoms with E-state index in [0.29, 0.717) is 22.4 Å². The lowest BCUT2D eigenvalue weighted by molar-refractivity contribution is 0.1000. The molecule has 0 spiro atoms. The molecule has 0 aliphatic carbocycles. The van der Waals surface area contributed by atoms with E-state index < -0.39 is 5.91 Å². The summed E-state index contributed by atoms with van der Waals surface area (Å²) in [6, 6.07) is 11.0. The van der Waals surface area contributed by atoms with E-state index in [2.05, 4.69) is 15.9 Å². The molecule has 0 aliphatic heterocycles. The predicted octanol–water partition coefficient (Wildman–Crippen LogP) is 3.27. The van der Waals surface area contributed by atoms with E-state index in [9.17, 15) is 9.18 Å². The molecule has 0 saturated carbocycles. The molecule has 5 heteroatoms. The zero-order valence-corrected chi connectivity index (χ0v) is 11.5. The van der Waals surface area contributed by atoms with Gasteiger partial charge in [0.1, 0.15) is 18.2 Å². The molecule has 0 bridgehead atoms. The van der Waals surface area contributed by atoms with Crippen molar-refractivity contribution in [2.24, 2.45) is 5.73 Å². The topological polar surface area (TPSA) is 52.3 Å². The van der Waals surface area contributed by atoms with E-state index in [-0.39, 0.29) is 5.82 Å². The van der Waals surface area contributed by atoms with Gasteiger partial charge in [-0.05, 0) is 51.8 Å². The zero-order valence-electron chi connectivity index (χ0n) is 9.90. The number of ether oxygens (including phenoxy) is 1. The van der Waals surface area contributed by atoms with Gasteiger partial charge in [-0.15, -0.1) is 0 Å². The van der Waals surface area contributed by atoms with Crippen LogP contribution in [0.2, 0.25) is 0 Å². The van der Waals surface area contributed by atoms with Gasteiger partial charge in [0.15, 0.2) is 0 Å². The lowest BCUT2D eigenvalue weighted by atomic mass is 10.1. The molecule has 0 radical (unpaired) electrons. The van der Waals surface area contributed by atoms with Crippen LogP contribution < -0.4 is 10.5 Å². The van der Waals surface area contributed by atoms with Crippen molar-refractivity contribution in [2.75, 3.05) is 0 Å². The molecule has 0 atom stereocenters. The third-order valence-corrected chi connectivity index (χ3v) is 3.15. The van der Waals surface area contributed by atoms with E-state index in [0.717, 1.165) is 5.56 Å². The van der Waals surface area contributed by atoms with Crippen molar-refractivity contribution in [3.05, 3.63) is 63.9 Å². The van der Waals surface area contributed by atoms with Gasteiger partial charge in [-0.2, -0.15) is 0 Å². The molecule has 2 aromatic carbocycles. The monoisotopic (exact) mass is 323 g/mol. The largest absolute Gasteiger partial charge is 0.488 e. The van der Waals surface area contributed by atoms with Gasteiger partial charge in [0.2, 0.25) is 5.91 Å². The van der Waals surface area contributed by atoms with Gasteiger partial charge in [-0.1, -0.05) is 12.1 Å². The Kier molecular flexibility index (Phi) is 4.16. The van der Waals surface area contributed by atoms with Gasteiger partial charge in [0, 0.05) is 5.56 Å². The number of nitrogens with two attached hydrogens (primary N) is 1. The quantitative estimate of drug-likeness (QED) is 0.938. The molecule has 0 aliphatic rings. The van der Waals surface area contributed by atoms with Crippen molar-refractivity contribution < 1.29 is 13.9 Å². The molecule has 2 rings (SSSR count). The molecular formula is C14H11BrFNO2. The number of halogens is 2. The third kappa shape index (κ3) is 3.54. The number of carbonyl (C=O) groups excluding carboxylic acids is 1. The Morgan fingerprint density at radius 1 is 1.21 bits per heavy atom. The van der Waals surface area contributed by atoms with Crippen molar-refractivity contribution in [1.29, 1.82) is 0 Å². The molecule has 3 nitrogen and oxygen atoms in total. The maximum absolute atomic E-state index is 12.9. The van der Waals surface area contributed by atoms with Crippen LogP contribution in [-0.2, 0) is 6.61 Å². The number of benzene rings is 2. The summed E-state index contributed by atoms with van der Waals surface area (Å²) in [5.41, 5.74) is 6.49. The lowest BCUT2D eigenvalue weighted by Crippen LogP contribution is -2.10. The van der Waals surface area contributed by atoms with E-state index in [4.69, 9.17) is 10.5 Å². The summed E-state index contributed by atoms with van der Waals surface area (Å²) in [5, 5.41) is 0. The van der Waals surface area contributed by atoms with Crippen molar-refractivity contribution in [1.82, 2.24) is 0 Å². The van der Waals surface area contributed by atoms with Crippen molar-refractivity contribution in [3.8, 4) is 5.75 Å². The molecule has 0 fully saturated rings. The maximum atomic E-state index is 12.9. The van der Waals surface area contributed by atoms with E-state index >= 15 is 0 Å². The van der Waals surface area contributed by atoms with Crippen LogP contribution in [0.15, 0.2) is 46.9 Å². The molecule has 0 heterocycles. The average molecular weight is 324 g/mol. The summed E-state index contributed by atoms with van der Waals surface area (Å²) < 4.78 is 19.0. The number of rotatable bonds is 4. The van der Waals surface area contributed by atoms with Crippen LogP contribution in [0.4, 0.5) is 4.39 Å². The second kappa shape index (κ2) is 5.84. The van der Waals surface area contributed by atoms with Crippen LogP contribution in [0, 0.1) is 5.82 Å². The molecule has 19 heavy (non-hydrogen) atoms. The van der Waals surface area contributed by atoms with Crippen LogP contribution in [0.3, 0.4) is 0 Å². The highest BCUT2D eigenvalue weighted by atomic mass is 79.9. The summed E-state index contributed by atoms with van der Waals surface area (Å²) in [4.78, 5) is 10.9. The molecule has 2 N–H and O–H groups in total. The SMILES string of the molecule is NC(=O)c1ccc(COc2ccc(F)cc2Br)cc1. The first-order chi connectivity index (χ1) is 9.06. The van der Waals surface area contributed by atoms with Crippen molar-refractivity contribution in [2.45, 2.75) is 6.61 Å². The lowest BCUT2D eigenvalue weighted by Gasteiger charge is -2.08. The fraction of sp³-hybridized carbons (Fsp3) is 0.0714. The highest BCUT2D eigenvalue weighted by Gasteiger charge is 2.04. The minimum Gasteiger partial charge on any atom is -0.488 e. The van der Waals surface area contributed by atoms with Crippen LogP contribution in [0.5, 0.6) is 5.75 Å². The van der Waals surface area contributed by atoms with Crippen LogP contribution in [0.25, 0.3) is 0 Å². The number of primary amides is 1. The van der Waals surface area contributed by atoms with Crippen LogP contribution >= 0.6 is 15.9 Å². The molecule has 0 unspecified atom stereocenters. The Morgan fingerprint density at radius 3 is 2.47 bits per heavy atom. The first-order valence-corrected chi connectivity index (χ1v) is 6.32. The normalized spacial score (nSPS) is 10.2. The zero-order chi connectivity index (χ0) is 13.8. The Balaban J connectivity index is 2.04. The Bertz CT molecular complexity index is 599. The molecule has 2 aromatic rings. The van der Waals surface area contributed by atoms with Crippen molar-refractivity contribution >= 4 is 21.8 Å². The van der Waals surface area contributed by atoms with Crippen LogP contribution in [0.1, 0.15) is 15.9 Å². The molecule has 98 valence electrons. The molecule has 0 saturated heterocycles. The Labute approximate surface area is 118 Å². The second-order valence-electron chi connectivity index (χ2n) is 3.92. The Hall–Kier alpha value is -1.88. The van der Waals surface area contributed by atoms with E-state index in [1.807, 2.05) is 0 Å². The predicted molar refractivity (Wildman–Crippen MR) is 73.4 cm³/mol. The fourth-order valence-corrected chi connectivity index (χ4v) is 1.98. The number of hydrogen-bond donors (Lipinski definition) is 1. The summed E-state index contributed by atoms with van der Waals surface area (Å²) in [6.45, 7) is 0.323. The third-order valence-electron chi connectivity index (χ3n) is 2.53. The number of amides is 1. The smallest absolute Gasteiger partial charge is 0.248 e. The summed E-state index contributed by atoms with van der Waals surface area (Å²) in [7, 11) is 0. The molecular weight excluding hydrogens is 313 g/mol. The second-order valence-corrected chi connectivity index (χ2v) is 4.78. The number of hydrogen-bond acceptors (Lipinski definition) is 2.